The van der Waals surface area contributed by atoms with E-state index in [1.807, 2.05) is 43.3 Å². The van der Waals surface area contributed by atoms with E-state index in [-0.39, 0.29) is 5.78 Å². The number of halogens is 1. The Morgan fingerprint density at radius 3 is 2.62 bits per heavy atom. The van der Waals surface area contributed by atoms with Gasteiger partial charge in [0.05, 0.1) is 24.3 Å². The lowest BCUT2D eigenvalue weighted by molar-refractivity contribution is 0.0329. The smallest absolute Gasteiger partial charge is 0.232 e. The van der Waals surface area contributed by atoms with E-state index in [4.69, 9.17) is 14.2 Å². The van der Waals surface area contributed by atoms with Gasteiger partial charge >= 0.3 is 0 Å². The molecule has 0 N–H and O–H groups in total. The maximum absolute atomic E-state index is 13.1. The molecule has 7 heteroatoms. The average Bonchev–Trinajstić information content (AvgIpc) is 3.13. The highest BCUT2D eigenvalue weighted by Crippen LogP contribution is 2.44. The number of fused-ring (bicyclic) bond motifs is 3. The molecule has 168 valence electrons. The minimum absolute atomic E-state index is 0.0624. The van der Waals surface area contributed by atoms with Crippen molar-refractivity contribution >= 4 is 27.8 Å². The third-order valence-corrected chi connectivity index (χ3v) is 6.74. The Morgan fingerprint density at radius 2 is 1.84 bits per heavy atom. The summed E-state index contributed by atoms with van der Waals surface area (Å²) in [6.45, 7) is 8.90. The quantitative estimate of drug-likeness (QED) is 0.574. The van der Waals surface area contributed by atoms with Gasteiger partial charge in [-0.2, -0.15) is 0 Å². The van der Waals surface area contributed by atoms with Gasteiger partial charge in [-0.15, -0.1) is 0 Å². The lowest BCUT2D eigenvalue weighted by Gasteiger charge is -2.31. The number of carbonyl (C=O) groups is 1. The number of benzene rings is 2. The van der Waals surface area contributed by atoms with Gasteiger partial charge < -0.3 is 14.2 Å². The fourth-order valence-corrected chi connectivity index (χ4v) is 4.74. The van der Waals surface area contributed by atoms with Crippen LogP contribution in [0.3, 0.4) is 0 Å². The lowest BCUT2D eigenvalue weighted by atomic mass is 9.98. The van der Waals surface area contributed by atoms with Crippen LogP contribution in [0.1, 0.15) is 33.5 Å². The summed E-state index contributed by atoms with van der Waals surface area (Å²) in [5, 5.41) is 0. The highest BCUT2D eigenvalue weighted by molar-refractivity contribution is 9.10. The molecule has 2 aromatic rings. The number of Topliss-reactive ketones (excluding diaryl/α,β-unsaturated/α-hetero) is 1. The molecule has 3 aliphatic rings. The number of nitrogens with zero attached hydrogens (tertiary/aromatic N) is 2. The van der Waals surface area contributed by atoms with Crippen molar-refractivity contribution in [2.75, 3.05) is 46.1 Å². The van der Waals surface area contributed by atoms with Gasteiger partial charge in [0.2, 0.25) is 5.78 Å². The number of hydrogen-bond acceptors (Lipinski definition) is 6. The number of allylic oxidation sites excluding steroid dienone is 1. The Balaban J connectivity index is 1.32. The van der Waals surface area contributed by atoms with Crippen LogP contribution >= 0.6 is 15.9 Å². The molecule has 3 aliphatic heterocycles. The summed E-state index contributed by atoms with van der Waals surface area (Å²) in [4.78, 5) is 17.9. The second-order valence-electron chi connectivity index (χ2n) is 8.50. The molecule has 1 fully saturated rings. The molecule has 0 unspecified atom stereocenters. The molecule has 0 amide bonds. The van der Waals surface area contributed by atoms with Gasteiger partial charge in [-0.05, 0) is 55.3 Å². The normalized spacial score (nSPS) is 20.1. The van der Waals surface area contributed by atoms with Crippen LogP contribution < -0.4 is 9.47 Å². The first-order valence-corrected chi connectivity index (χ1v) is 11.9. The van der Waals surface area contributed by atoms with Gasteiger partial charge in [-0.3, -0.25) is 14.6 Å². The molecular weight excluding hydrogens is 472 g/mol. The van der Waals surface area contributed by atoms with E-state index in [2.05, 4.69) is 25.7 Å². The van der Waals surface area contributed by atoms with Crippen molar-refractivity contribution in [1.29, 1.82) is 0 Å². The van der Waals surface area contributed by atoms with Gasteiger partial charge in [-0.1, -0.05) is 28.1 Å². The van der Waals surface area contributed by atoms with Crippen LogP contribution in [-0.2, 0) is 11.3 Å². The molecule has 0 saturated carbocycles. The van der Waals surface area contributed by atoms with E-state index >= 15 is 0 Å². The number of hydrogen-bond donors (Lipinski definition) is 0. The third-order valence-electron chi connectivity index (χ3n) is 6.21. The van der Waals surface area contributed by atoms with Crippen molar-refractivity contribution in [1.82, 2.24) is 9.80 Å². The topological polar surface area (TPSA) is 51.2 Å². The SMILES string of the molecule is Cc1cc2c(c3c1C(=O)/C(=C/c1ccc(Br)cc1)O3)CN(CCCN1CCOCC1)CO2. The predicted octanol–water partition coefficient (Wildman–Crippen LogP) is 4.25. The number of carbonyl (C=O) groups excluding carboxylic acids is 1. The predicted molar refractivity (Wildman–Crippen MR) is 126 cm³/mol. The highest BCUT2D eigenvalue weighted by atomic mass is 79.9. The maximum atomic E-state index is 13.1. The first kappa shape index (κ1) is 21.6. The largest absolute Gasteiger partial charge is 0.478 e. The van der Waals surface area contributed by atoms with Crippen LogP contribution in [0.2, 0.25) is 0 Å². The fraction of sp³-hybridized carbons (Fsp3) is 0.400. The molecule has 0 aromatic heterocycles. The van der Waals surface area contributed by atoms with E-state index in [1.165, 1.54) is 0 Å². The monoisotopic (exact) mass is 498 g/mol. The van der Waals surface area contributed by atoms with Crippen molar-refractivity contribution < 1.29 is 19.0 Å². The average molecular weight is 499 g/mol. The van der Waals surface area contributed by atoms with Crippen LogP contribution in [0.25, 0.3) is 6.08 Å². The Kier molecular flexibility index (Phi) is 6.33. The summed E-state index contributed by atoms with van der Waals surface area (Å²) in [6, 6.07) is 9.79. The molecule has 32 heavy (non-hydrogen) atoms. The number of morpholine rings is 1. The van der Waals surface area contributed by atoms with Crippen molar-refractivity contribution in [2.45, 2.75) is 19.9 Å². The fourth-order valence-electron chi connectivity index (χ4n) is 4.47. The Morgan fingerprint density at radius 1 is 1.09 bits per heavy atom. The summed E-state index contributed by atoms with van der Waals surface area (Å²) in [5.41, 5.74) is 3.45. The van der Waals surface area contributed by atoms with Crippen LogP contribution in [-0.4, -0.2) is 61.7 Å². The Hall–Kier alpha value is -2.19. The van der Waals surface area contributed by atoms with Gasteiger partial charge in [0.1, 0.15) is 18.2 Å². The summed E-state index contributed by atoms with van der Waals surface area (Å²) < 4.78 is 18.6. The van der Waals surface area contributed by atoms with Gasteiger partial charge in [0, 0.05) is 30.7 Å². The van der Waals surface area contributed by atoms with Gasteiger partial charge in [-0.25, -0.2) is 0 Å². The molecule has 0 bridgehead atoms. The van der Waals surface area contributed by atoms with Crippen LogP contribution in [0.5, 0.6) is 11.5 Å². The Labute approximate surface area is 196 Å². The molecule has 2 aromatic carbocycles. The Bertz CT molecular complexity index is 1040. The van der Waals surface area contributed by atoms with Crippen LogP contribution in [0, 0.1) is 6.92 Å². The number of ether oxygens (including phenoxy) is 3. The standard InChI is InChI=1S/C25H27BrN2O4/c1-17-13-21-20(15-28(16-31-21)8-2-7-27-9-11-30-12-10-27)25-23(17)24(29)22(32-25)14-18-3-5-19(26)6-4-18/h3-6,13-14H,2,7-12,15-16H2,1H3/b22-14-. The van der Waals surface area contributed by atoms with Gasteiger partial charge in [0.15, 0.2) is 5.76 Å². The van der Waals surface area contributed by atoms with Crippen LogP contribution in [0.4, 0.5) is 0 Å². The van der Waals surface area contributed by atoms with E-state index in [9.17, 15) is 4.79 Å². The second kappa shape index (κ2) is 9.35. The van der Waals surface area contributed by atoms with Crippen molar-refractivity contribution in [2.24, 2.45) is 0 Å². The first-order chi connectivity index (χ1) is 15.6. The first-order valence-electron chi connectivity index (χ1n) is 11.1. The van der Waals surface area contributed by atoms with Crippen molar-refractivity contribution in [3.63, 3.8) is 0 Å². The van der Waals surface area contributed by atoms with Crippen molar-refractivity contribution in [3.8, 4) is 11.5 Å². The minimum Gasteiger partial charge on any atom is -0.478 e. The zero-order valence-electron chi connectivity index (χ0n) is 18.2. The summed E-state index contributed by atoms with van der Waals surface area (Å²) in [7, 11) is 0. The number of aryl methyl sites for hydroxylation is 1. The van der Waals surface area contributed by atoms with E-state index < -0.39 is 0 Å². The van der Waals surface area contributed by atoms with E-state index in [0.717, 1.165) is 79.3 Å². The van der Waals surface area contributed by atoms with E-state index in [0.29, 0.717) is 23.8 Å². The second-order valence-corrected chi connectivity index (χ2v) is 9.41. The van der Waals surface area contributed by atoms with Crippen LogP contribution in [0.15, 0.2) is 40.6 Å². The molecule has 0 radical (unpaired) electrons. The van der Waals surface area contributed by atoms with Gasteiger partial charge in [0.25, 0.3) is 0 Å². The summed E-state index contributed by atoms with van der Waals surface area (Å²) in [6.07, 6.45) is 2.88. The summed E-state index contributed by atoms with van der Waals surface area (Å²) in [5.74, 6) is 1.78. The maximum Gasteiger partial charge on any atom is 0.232 e. The molecule has 6 nitrogen and oxygen atoms in total. The zero-order chi connectivity index (χ0) is 22.1. The number of rotatable bonds is 5. The minimum atomic E-state index is -0.0624. The third kappa shape index (κ3) is 4.48. The van der Waals surface area contributed by atoms with Crippen molar-refractivity contribution in [3.05, 3.63) is 62.8 Å². The molecule has 0 atom stereocenters. The highest BCUT2D eigenvalue weighted by Gasteiger charge is 2.35. The molecule has 1 saturated heterocycles. The molecule has 3 heterocycles. The summed E-state index contributed by atoms with van der Waals surface area (Å²) >= 11 is 3.44. The zero-order valence-corrected chi connectivity index (χ0v) is 19.8. The lowest BCUT2D eigenvalue weighted by Crippen LogP contribution is -2.39. The number of ketones is 1. The molecule has 5 rings (SSSR count). The molecule has 0 aliphatic carbocycles. The van der Waals surface area contributed by atoms with E-state index in [1.54, 1.807) is 0 Å². The molecule has 0 spiro atoms. The molecular formula is C25H27BrN2O4.